The van der Waals surface area contributed by atoms with Crippen molar-refractivity contribution in [2.24, 2.45) is 0 Å². The van der Waals surface area contributed by atoms with Crippen molar-refractivity contribution in [2.45, 2.75) is 12.8 Å². The topological polar surface area (TPSA) is 3.24 Å². The van der Waals surface area contributed by atoms with Crippen LogP contribution < -0.4 is 4.90 Å². The first-order valence-corrected chi connectivity index (χ1v) is 6.68. The maximum absolute atomic E-state index is 6.08. The second-order valence-electron chi connectivity index (χ2n) is 4.25. The average molecular weight is 280 g/mol. The Morgan fingerprint density at radius 1 is 1.06 bits per heavy atom. The fraction of sp³-hybridized carbons (Fsp3) is 0.200. The molecule has 94 valence electrons. The van der Waals surface area contributed by atoms with Crippen LogP contribution in [0, 0.1) is 6.92 Å². The highest BCUT2D eigenvalue weighted by Gasteiger charge is 2.11. The molecule has 2 rings (SSSR count). The van der Waals surface area contributed by atoms with Gasteiger partial charge in [-0.2, -0.15) is 0 Å². The van der Waals surface area contributed by atoms with Crippen molar-refractivity contribution in [3.8, 4) is 0 Å². The molecule has 0 spiro atoms. The van der Waals surface area contributed by atoms with Gasteiger partial charge in [0, 0.05) is 29.3 Å². The number of alkyl halides is 1. The summed E-state index contributed by atoms with van der Waals surface area (Å²) in [5.74, 6) is 0.475. The number of nitrogens with zero attached hydrogens (tertiary/aromatic N) is 1. The van der Waals surface area contributed by atoms with Gasteiger partial charge in [-0.15, -0.1) is 11.6 Å². The monoisotopic (exact) mass is 279 g/mol. The summed E-state index contributed by atoms with van der Waals surface area (Å²) in [7, 11) is 2.03. The van der Waals surface area contributed by atoms with Crippen molar-refractivity contribution < 1.29 is 0 Å². The van der Waals surface area contributed by atoms with Crippen molar-refractivity contribution in [3.05, 3.63) is 58.6 Å². The van der Waals surface area contributed by atoms with Gasteiger partial charge in [-0.3, -0.25) is 0 Å². The molecular formula is C15H15Cl2N. The van der Waals surface area contributed by atoms with Crippen molar-refractivity contribution in [3.63, 3.8) is 0 Å². The number of hydrogen-bond acceptors (Lipinski definition) is 1. The molecule has 2 aromatic rings. The summed E-state index contributed by atoms with van der Waals surface area (Å²) in [4.78, 5) is 2.12. The molecule has 0 saturated carbocycles. The van der Waals surface area contributed by atoms with Gasteiger partial charge in [-0.1, -0.05) is 35.9 Å². The fourth-order valence-corrected chi connectivity index (χ4v) is 2.42. The first-order valence-electron chi connectivity index (χ1n) is 5.77. The van der Waals surface area contributed by atoms with Gasteiger partial charge < -0.3 is 4.90 Å². The second kappa shape index (κ2) is 5.64. The van der Waals surface area contributed by atoms with Crippen LogP contribution in [-0.4, -0.2) is 7.05 Å². The summed E-state index contributed by atoms with van der Waals surface area (Å²) in [5.41, 5.74) is 4.50. The number of halogens is 2. The molecule has 1 nitrogen and oxygen atoms in total. The Morgan fingerprint density at radius 2 is 1.78 bits per heavy atom. The molecule has 0 fully saturated rings. The maximum atomic E-state index is 6.08. The standard InChI is InChI=1S/C15H15Cl2N/c1-11-5-3-4-6-14(11)18(2)15-9-13(17)8-7-12(15)10-16/h3-9H,10H2,1-2H3. The van der Waals surface area contributed by atoms with E-state index in [9.17, 15) is 0 Å². The van der Waals surface area contributed by atoms with E-state index >= 15 is 0 Å². The lowest BCUT2D eigenvalue weighted by atomic mass is 10.1. The molecular weight excluding hydrogens is 265 g/mol. The molecule has 18 heavy (non-hydrogen) atoms. The number of hydrogen-bond donors (Lipinski definition) is 0. The third-order valence-electron chi connectivity index (χ3n) is 3.03. The predicted octanol–water partition coefficient (Wildman–Crippen LogP) is 5.16. The number of anilines is 2. The lowest BCUT2D eigenvalue weighted by Gasteiger charge is -2.24. The van der Waals surface area contributed by atoms with Gasteiger partial charge in [0.2, 0.25) is 0 Å². The van der Waals surface area contributed by atoms with E-state index in [1.165, 1.54) is 5.56 Å². The highest BCUT2D eigenvalue weighted by molar-refractivity contribution is 6.31. The lowest BCUT2D eigenvalue weighted by molar-refractivity contribution is 1.16. The summed E-state index contributed by atoms with van der Waals surface area (Å²) >= 11 is 12.1. The molecule has 0 unspecified atom stereocenters. The Kier molecular flexibility index (Phi) is 4.15. The Bertz CT molecular complexity index is 552. The normalized spacial score (nSPS) is 10.4. The molecule has 0 aromatic heterocycles. The number of aryl methyl sites for hydroxylation is 1. The quantitative estimate of drug-likeness (QED) is 0.702. The van der Waals surface area contributed by atoms with Crippen molar-refractivity contribution >= 4 is 34.6 Å². The zero-order valence-corrected chi connectivity index (χ0v) is 12.0. The first kappa shape index (κ1) is 13.3. The van der Waals surface area contributed by atoms with Crippen LogP contribution in [-0.2, 0) is 5.88 Å². The van der Waals surface area contributed by atoms with Crippen LogP contribution in [0.15, 0.2) is 42.5 Å². The Balaban J connectivity index is 2.48. The minimum Gasteiger partial charge on any atom is -0.344 e. The minimum atomic E-state index is 0.475. The van der Waals surface area contributed by atoms with Crippen molar-refractivity contribution in [2.75, 3.05) is 11.9 Å². The largest absolute Gasteiger partial charge is 0.344 e. The van der Waals surface area contributed by atoms with Crippen LogP contribution in [0.4, 0.5) is 11.4 Å². The molecule has 0 amide bonds. The van der Waals surface area contributed by atoms with Crippen molar-refractivity contribution in [1.82, 2.24) is 0 Å². The molecule has 0 N–H and O–H groups in total. The van der Waals surface area contributed by atoms with E-state index < -0.39 is 0 Å². The molecule has 0 aliphatic rings. The summed E-state index contributed by atoms with van der Waals surface area (Å²) in [6.45, 7) is 2.09. The zero-order valence-electron chi connectivity index (χ0n) is 10.5. The second-order valence-corrected chi connectivity index (χ2v) is 4.96. The van der Waals surface area contributed by atoms with E-state index in [-0.39, 0.29) is 0 Å². The van der Waals surface area contributed by atoms with Crippen LogP contribution >= 0.6 is 23.2 Å². The lowest BCUT2D eigenvalue weighted by Crippen LogP contribution is -2.12. The first-order chi connectivity index (χ1) is 8.63. The number of benzene rings is 2. The molecule has 0 aliphatic heterocycles. The third kappa shape index (κ3) is 2.63. The van der Waals surface area contributed by atoms with Crippen LogP contribution in [0.3, 0.4) is 0 Å². The van der Waals surface area contributed by atoms with Crippen LogP contribution in [0.1, 0.15) is 11.1 Å². The van der Waals surface area contributed by atoms with Crippen LogP contribution in [0.2, 0.25) is 5.02 Å². The number of para-hydroxylation sites is 1. The maximum Gasteiger partial charge on any atom is 0.0494 e. The highest BCUT2D eigenvalue weighted by Crippen LogP contribution is 2.32. The summed E-state index contributed by atoms with van der Waals surface area (Å²) < 4.78 is 0. The van der Waals surface area contributed by atoms with Gasteiger partial charge >= 0.3 is 0 Å². The summed E-state index contributed by atoms with van der Waals surface area (Å²) in [5, 5.41) is 0.722. The summed E-state index contributed by atoms with van der Waals surface area (Å²) in [6.07, 6.45) is 0. The molecule has 0 saturated heterocycles. The third-order valence-corrected chi connectivity index (χ3v) is 3.55. The fourth-order valence-electron chi connectivity index (χ4n) is 2.03. The molecule has 3 heteroatoms. The van der Waals surface area contributed by atoms with E-state index in [0.29, 0.717) is 5.88 Å². The van der Waals surface area contributed by atoms with E-state index in [4.69, 9.17) is 23.2 Å². The Hall–Kier alpha value is -1.18. The number of rotatable bonds is 3. The molecule has 0 bridgehead atoms. The average Bonchev–Trinajstić information content (AvgIpc) is 2.38. The Morgan fingerprint density at radius 3 is 2.44 bits per heavy atom. The molecule has 0 heterocycles. The minimum absolute atomic E-state index is 0.475. The van der Waals surface area contributed by atoms with Gasteiger partial charge in [0.15, 0.2) is 0 Å². The molecule has 0 atom stereocenters. The van der Waals surface area contributed by atoms with Crippen LogP contribution in [0.5, 0.6) is 0 Å². The summed E-state index contributed by atoms with van der Waals surface area (Å²) in [6, 6.07) is 14.0. The smallest absolute Gasteiger partial charge is 0.0494 e. The van der Waals surface area contributed by atoms with E-state index in [0.717, 1.165) is 22.0 Å². The predicted molar refractivity (Wildman–Crippen MR) is 80.3 cm³/mol. The molecule has 2 aromatic carbocycles. The van der Waals surface area contributed by atoms with E-state index in [2.05, 4.69) is 24.0 Å². The SMILES string of the molecule is Cc1ccccc1N(C)c1cc(Cl)ccc1CCl. The van der Waals surface area contributed by atoms with Gasteiger partial charge in [-0.05, 0) is 36.2 Å². The van der Waals surface area contributed by atoms with Gasteiger partial charge in [0.25, 0.3) is 0 Å². The van der Waals surface area contributed by atoms with E-state index in [1.807, 2.05) is 37.4 Å². The van der Waals surface area contributed by atoms with Crippen LogP contribution in [0.25, 0.3) is 0 Å². The van der Waals surface area contributed by atoms with E-state index in [1.54, 1.807) is 0 Å². The van der Waals surface area contributed by atoms with Gasteiger partial charge in [-0.25, -0.2) is 0 Å². The van der Waals surface area contributed by atoms with Gasteiger partial charge in [0.05, 0.1) is 0 Å². The highest BCUT2D eigenvalue weighted by atomic mass is 35.5. The molecule has 0 radical (unpaired) electrons. The zero-order chi connectivity index (χ0) is 13.1. The molecule has 0 aliphatic carbocycles. The van der Waals surface area contributed by atoms with Gasteiger partial charge in [0.1, 0.15) is 0 Å². The van der Waals surface area contributed by atoms with Crippen molar-refractivity contribution in [1.29, 1.82) is 0 Å². The Labute approximate surface area is 118 Å².